The Kier molecular flexibility index (Phi) is 21.2. The van der Waals surface area contributed by atoms with Gasteiger partial charge in [0, 0.05) is 26.3 Å². The molecule has 3 aliphatic heterocycles. The van der Waals surface area contributed by atoms with Gasteiger partial charge in [-0.3, -0.25) is 23.9 Å². The van der Waals surface area contributed by atoms with Gasteiger partial charge in [0.25, 0.3) is 0 Å². The van der Waals surface area contributed by atoms with Gasteiger partial charge in [-0.1, -0.05) is 12.1 Å². The van der Waals surface area contributed by atoms with Crippen molar-refractivity contribution in [1.29, 1.82) is 0 Å². The Balaban J connectivity index is 0.00000641. The van der Waals surface area contributed by atoms with Gasteiger partial charge in [0.15, 0.2) is 12.0 Å². The van der Waals surface area contributed by atoms with E-state index in [1.807, 2.05) is 0 Å². The van der Waals surface area contributed by atoms with Gasteiger partial charge in [0.05, 0.1) is 36.9 Å². The number of hydrogen-bond acceptors (Lipinski definition) is 24. The number of carboxylic acid groups (broad SMARTS) is 1. The molecule has 3 aliphatic rings. The van der Waals surface area contributed by atoms with Crippen molar-refractivity contribution in [2.45, 2.75) is 118 Å². The normalized spacial score (nSPS) is 35.0. The van der Waals surface area contributed by atoms with Crippen molar-refractivity contribution in [3.63, 3.8) is 0 Å². The fraction of sp³-hybridized carbons (Fsp3) is 0.710. The van der Waals surface area contributed by atoms with Crippen molar-refractivity contribution >= 4 is 33.9 Å². The zero-order valence-electron chi connectivity index (χ0n) is 32.8. The van der Waals surface area contributed by atoms with Crippen LogP contribution in [0, 0.1) is 10.1 Å². The number of hydrogen-bond donors (Lipinski definition) is 10. The first-order chi connectivity index (χ1) is 27.5. The summed E-state index contributed by atoms with van der Waals surface area (Å²) in [7, 11) is -5.40. The van der Waals surface area contributed by atoms with E-state index in [-0.39, 0.29) is 59.1 Å². The number of aliphatic carboxylic acids is 1. The van der Waals surface area contributed by atoms with Crippen LogP contribution < -0.4 is 79.6 Å². The van der Waals surface area contributed by atoms with Crippen molar-refractivity contribution in [2.75, 3.05) is 19.8 Å². The first kappa shape index (κ1) is 55.3. The van der Waals surface area contributed by atoms with Crippen LogP contribution in [-0.2, 0) is 52.7 Å². The van der Waals surface area contributed by atoms with E-state index in [1.165, 1.54) is 12.1 Å². The third-order valence-electron chi connectivity index (χ3n) is 9.34. The molecule has 0 radical (unpaired) electrons. The SMILES string of the molecule is CC(=O)N[C@@H]1[C@@H](O)C[C@](OC[C@H]2O[C@H](Oc3ccccc3[N+](=O)[O-])[C@H](NC(C)=O)[C@@H](O[C@@H]3O[C@H](COS(=O)(=O)[O-])[C@H](O)[C@H](O)[C@H]3O)[C@H]2O)(C(=O)[O-])O[C@H]1C(O)C(O)CO.[Na+].[Na+]. The second-order valence-electron chi connectivity index (χ2n) is 13.6. The van der Waals surface area contributed by atoms with E-state index in [9.17, 15) is 83.4 Å². The average Bonchev–Trinajstić information content (AvgIpc) is 3.15. The Morgan fingerprint density at radius 2 is 1.49 bits per heavy atom. The largest absolute Gasteiger partial charge is 1.00 e. The Bertz CT molecular complexity index is 1770. The average molecular weight is 920 g/mol. The molecule has 0 aliphatic carbocycles. The number of carbonyl (C=O) groups is 3. The van der Waals surface area contributed by atoms with Crippen molar-refractivity contribution in [1.82, 2.24) is 10.6 Å². The summed E-state index contributed by atoms with van der Waals surface area (Å²) in [6.07, 6.45) is -28.1. The van der Waals surface area contributed by atoms with Crippen LogP contribution >= 0.6 is 0 Å². The molecule has 1 aromatic carbocycles. The molecule has 16 atom stereocenters. The third kappa shape index (κ3) is 13.8. The van der Waals surface area contributed by atoms with Crippen LogP contribution in [0.2, 0.25) is 0 Å². The number of nitrogens with zero attached hydrogens (tertiary/aromatic N) is 1. The summed E-state index contributed by atoms with van der Waals surface area (Å²) in [4.78, 5) is 48.1. The van der Waals surface area contributed by atoms with Gasteiger partial charge in [-0.25, -0.2) is 8.42 Å². The molecule has 0 spiro atoms. The molecular weight excluding hydrogens is 876 g/mol. The molecule has 10 N–H and O–H groups in total. The number of para-hydroxylation sites is 2. The molecule has 30 heteroatoms. The summed E-state index contributed by atoms with van der Waals surface area (Å²) >= 11 is 0. The number of amides is 2. The third-order valence-corrected chi connectivity index (χ3v) is 9.76. The summed E-state index contributed by atoms with van der Waals surface area (Å²) in [6.45, 7) is -1.55. The van der Waals surface area contributed by atoms with Crippen molar-refractivity contribution in [3.05, 3.63) is 34.4 Å². The van der Waals surface area contributed by atoms with Gasteiger partial charge in [-0.15, -0.1) is 0 Å². The molecular formula is C31H43N3Na2O24S. The Morgan fingerprint density at radius 3 is 2.05 bits per heavy atom. The van der Waals surface area contributed by atoms with E-state index in [0.29, 0.717) is 0 Å². The van der Waals surface area contributed by atoms with Gasteiger partial charge in [-0.2, -0.15) is 0 Å². The van der Waals surface area contributed by atoms with Gasteiger partial charge in [0.2, 0.25) is 34.3 Å². The fourth-order valence-corrected chi connectivity index (χ4v) is 6.80. The van der Waals surface area contributed by atoms with E-state index in [0.717, 1.165) is 26.0 Å². The minimum Gasteiger partial charge on any atom is -0.726 e. The van der Waals surface area contributed by atoms with Gasteiger partial charge >= 0.3 is 64.8 Å². The zero-order valence-corrected chi connectivity index (χ0v) is 37.6. The summed E-state index contributed by atoms with van der Waals surface area (Å²) in [6, 6.07) is 1.26. The summed E-state index contributed by atoms with van der Waals surface area (Å²) < 4.78 is 71.2. The standard InChI is InChI=1S/C31H45N3O24S.2Na/c1-11(36)32-19-14(38)7-31(30(45)46,58-27(19)21(40)15(39)8-35)52-9-17-23(42)26(57-29-25(44)24(43)22(41)18(56-29)10-53-59(49,50)51)20(33-12(2)37)28(55-17)54-16-6-4-3-5-13(16)34(47)48;;/h3-6,14-15,17-29,35,38-44H,7-10H2,1-2H3,(H,32,36)(H,33,37)(H,45,46)(H,49,50,51);;/q;2*+1/p-2/t14-,15?,17+,18+,19+,20+,21?,22-,23-,24-,25+,26+,27+,28-,29-,31+;;/m0../s1. The molecule has 334 valence electrons. The molecule has 27 nitrogen and oxygen atoms in total. The second-order valence-corrected chi connectivity index (χ2v) is 14.6. The smallest absolute Gasteiger partial charge is 0.726 e. The van der Waals surface area contributed by atoms with Crippen molar-refractivity contribution < 1.29 is 170 Å². The number of nitro groups is 1. The Labute approximate surface area is 389 Å². The van der Waals surface area contributed by atoms with E-state index >= 15 is 0 Å². The summed E-state index contributed by atoms with van der Waals surface area (Å²) in [5, 5.41) is 114. The molecule has 2 unspecified atom stereocenters. The van der Waals surface area contributed by atoms with Gasteiger partial charge in [-0.05, 0) is 6.07 Å². The van der Waals surface area contributed by atoms with Crippen LogP contribution in [0.3, 0.4) is 0 Å². The molecule has 61 heavy (non-hydrogen) atoms. The number of benzene rings is 1. The number of rotatable bonds is 17. The van der Waals surface area contributed by atoms with Crippen LogP contribution in [0.1, 0.15) is 20.3 Å². The van der Waals surface area contributed by atoms with Gasteiger partial charge < -0.3 is 94.4 Å². The molecule has 3 saturated heterocycles. The topological polar surface area (TPSA) is 425 Å². The van der Waals surface area contributed by atoms with Crippen molar-refractivity contribution in [3.8, 4) is 5.75 Å². The summed E-state index contributed by atoms with van der Waals surface area (Å²) in [5.74, 6) is -7.54. The quantitative estimate of drug-likeness (QED) is 0.0228. The summed E-state index contributed by atoms with van der Waals surface area (Å²) in [5.41, 5.74) is -0.655. The van der Waals surface area contributed by atoms with Crippen LogP contribution in [0.15, 0.2) is 24.3 Å². The Morgan fingerprint density at radius 1 is 0.918 bits per heavy atom. The molecule has 2 amide bonds. The molecule has 3 heterocycles. The van der Waals surface area contributed by atoms with E-state index in [2.05, 4.69) is 14.8 Å². The number of ether oxygens (including phenoxy) is 6. The fourth-order valence-electron chi connectivity index (χ4n) is 6.49. The maximum atomic E-state index is 12.7. The van der Waals surface area contributed by atoms with Crippen LogP contribution in [0.25, 0.3) is 0 Å². The zero-order chi connectivity index (χ0) is 44.1. The predicted octanol–water partition coefficient (Wildman–Crippen LogP) is -13.9. The maximum absolute atomic E-state index is 12.7. The number of aliphatic hydroxyl groups excluding tert-OH is 8. The number of nitrogens with one attached hydrogen (secondary N) is 2. The maximum Gasteiger partial charge on any atom is 1.00 e. The van der Waals surface area contributed by atoms with Gasteiger partial charge in [0.1, 0.15) is 73.1 Å². The predicted molar refractivity (Wildman–Crippen MR) is 179 cm³/mol. The van der Waals surface area contributed by atoms with Crippen LogP contribution in [0.4, 0.5) is 5.69 Å². The first-order valence-corrected chi connectivity index (χ1v) is 18.7. The van der Waals surface area contributed by atoms with E-state index < -0.39 is 168 Å². The number of carboxylic acids is 1. The molecule has 4 rings (SSSR count). The minimum absolute atomic E-state index is 0. The second kappa shape index (κ2) is 23.4. The van der Waals surface area contributed by atoms with E-state index in [1.54, 1.807) is 0 Å². The van der Waals surface area contributed by atoms with Crippen LogP contribution in [0.5, 0.6) is 5.75 Å². The molecule has 0 bridgehead atoms. The monoisotopic (exact) mass is 919 g/mol. The number of nitro benzene ring substituents is 1. The number of aliphatic hydroxyl groups is 8. The molecule has 0 saturated carbocycles. The first-order valence-electron chi connectivity index (χ1n) is 17.4. The van der Waals surface area contributed by atoms with Crippen molar-refractivity contribution in [2.24, 2.45) is 0 Å². The van der Waals surface area contributed by atoms with E-state index in [4.69, 9.17) is 28.4 Å². The Hall–Kier alpha value is -1.82. The minimum atomic E-state index is -5.40. The number of carbonyl (C=O) groups excluding carboxylic acids is 3. The van der Waals surface area contributed by atoms with Crippen LogP contribution in [-0.4, -0.2) is 194 Å². The molecule has 0 aromatic heterocycles. The molecule has 3 fully saturated rings. The molecule has 1 aromatic rings.